The molecule has 2 rings (SSSR count). The van der Waals surface area contributed by atoms with Gasteiger partial charge in [0.2, 0.25) is 0 Å². The molecule has 0 bridgehead atoms. The zero-order valence-corrected chi connectivity index (χ0v) is 12.8. The molecule has 1 aliphatic rings. The summed E-state index contributed by atoms with van der Waals surface area (Å²) in [5, 5.41) is 13.4. The van der Waals surface area contributed by atoms with Crippen LogP contribution in [0.5, 0.6) is 5.75 Å². The molecule has 1 saturated heterocycles. The normalized spacial score (nSPS) is 19.8. The number of nitrogens with zero attached hydrogens (tertiary/aromatic N) is 1. The number of aromatic hydroxyl groups is 1. The van der Waals surface area contributed by atoms with Crippen LogP contribution in [0.3, 0.4) is 0 Å². The third-order valence-corrected chi connectivity index (χ3v) is 5.31. The van der Waals surface area contributed by atoms with Gasteiger partial charge in [0.15, 0.2) is 9.84 Å². The van der Waals surface area contributed by atoms with E-state index in [1.54, 1.807) is 6.07 Å². The van der Waals surface area contributed by atoms with Gasteiger partial charge in [-0.05, 0) is 19.5 Å². The lowest BCUT2D eigenvalue weighted by molar-refractivity contribution is 0.454. The zero-order valence-electron chi connectivity index (χ0n) is 12.0. The highest BCUT2D eigenvalue weighted by Crippen LogP contribution is 2.29. The summed E-state index contributed by atoms with van der Waals surface area (Å²) in [5.41, 5.74) is 1.74. The monoisotopic (exact) mass is 298 g/mol. The van der Waals surface area contributed by atoms with E-state index in [1.165, 1.54) is 0 Å². The van der Waals surface area contributed by atoms with E-state index < -0.39 is 9.84 Å². The van der Waals surface area contributed by atoms with Gasteiger partial charge in [-0.15, -0.1) is 0 Å². The first-order valence-corrected chi connectivity index (χ1v) is 8.77. The highest BCUT2D eigenvalue weighted by atomic mass is 32.2. The zero-order chi connectivity index (χ0) is 14.8. The molecule has 1 aromatic carbocycles. The molecule has 0 aliphatic carbocycles. The van der Waals surface area contributed by atoms with Crippen molar-refractivity contribution in [3.05, 3.63) is 23.8 Å². The number of hydrogen-bond acceptors (Lipinski definition) is 5. The molecule has 20 heavy (non-hydrogen) atoms. The van der Waals surface area contributed by atoms with Crippen LogP contribution in [-0.4, -0.2) is 44.7 Å². The number of rotatable bonds is 4. The van der Waals surface area contributed by atoms with Gasteiger partial charge in [-0.25, -0.2) is 8.42 Å². The minimum absolute atomic E-state index is 0.0933. The number of hydrogen-bond donors (Lipinski definition) is 2. The summed E-state index contributed by atoms with van der Waals surface area (Å²) in [4.78, 5) is 2.00. The van der Waals surface area contributed by atoms with Crippen molar-refractivity contribution in [1.29, 1.82) is 0 Å². The van der Waals surface area contributed by atoms with E-state index in [4.69, 9.17) is 0 Å². The Labute approximate surface area is 120 Å². The summed E-state index contributed by atoms with van der Waals surface area (Å²) >= 11 is 0. The van der Waals surface area contributed by atoms with E-state index in [1.807, 2.05) is 30.9 Å². The van der Waals surface area contributed by atoms with E-state index >= 15 is 0 Å². The second-order valence-corrected chi connectivity index (χ2v) is 7.46. The van der Waals surface area contributed by atoms with Crippen LogP contribution in [0.2, 0.25) is 0 Å². The maximum absolute atomic E-state index is 11.4. The van der Waals surface area contributed by atoms with Gasteiger partial charge in [-0.3, -0.25) is 0 Å². The quantitative estimate of drug-likeness (QED) is 0.877. The molecule has 1 heterocycles. The third kappa shape index (κ3) is 3.43. The average molecular weight is 298 g/mol. The largest absolute Gasteiger partial charge is 0.508 e. The van der Waals surface area contributed by atoms with E-state index in [0.717, 1.165) is 17.8 Å². The van der Waals surface area contributed by atoms with Crippen LogP contribution in [0, 0.1) is 0 Å². The molecule has 0 radical (unpaired) electrons. The Hall–Kier alpha value is -1.27. The van der Waals surface area contributed by atoms with Crippen LogP contribution < -0.4 is 10.2 Å². The molecular weight excluding hydrogens is 276 g/mol. The number of sulfone groups is 1. The van der Waals surface area contributed by atoms with Crippen molar-refractivity contribution in [1.82, 2.24) is 5.32 Å². The van der Waals surface area contributed by atoms with Crippen LogP contribution in [0.25, 0.3) is 0 Å². The molecule has 1 aromatic rings. The summed E-state index contributed by atoms with van der Waals surface area (Å²) in [6.07, 6.45) is 0. The van der Waals surface area contributed by atoms with Crippen molar-refractivity contribution >= 4 is 15.5 Å². The summed E-state index contributed by atoms with van der Waals surface area (Å²) in [6.45, 7) is 5.85. The molecule has 6 heteroatoms. The highest BCUT2D eigenvalue weighted by Gasteiger charge is 2.22. The highest BCUT2D eigenvalue weighted by molar-refractivity contribution is 7.91. The lowest BCUT2D eigenvalue weighted by atomic mass is 10.1. The van der Waals surface area contributed by atoms with Crippen molar-refractivity contribution in [2.75, 3.05) is 36.0 Å². The van der Waals surface area contributed by atoms with Gasteiger partial charge in [0.25, 0.3) is 0 Å². The van der Waals surface area contributed by atoms with Gasteiger partial charge in [0, 0.05) is 36.4 Å². The maximum atomic E-state index is 11.4. The van der Waals surface area contributed by atoms with E-state index in [-0.39, 0.29) is 23.3 Å². The molecule has 1 atom stereocenters. The fourth-order valence-electron chi connectivity index (χ4n) is 2.48. The first-order chi connectivity index (χ1) is 9.43. The van der Waals surface area contributed by atoms with Gasteiger partial charge in [-0.2, -0.15) is 0 Å². The topological polar surface area (TPSA) is 69.6 Å². The van der Waals surface area contributed by atoms with Crippen LogP contribution in [0.4, 0.5) is 5.69 Å². The van der Waals surface area contributed by atoms with Crippen molar-refractivity contribution in [2.45, 2.75) is 19.9 Å². The van der Waals surface area contributed by atoms with Gasteiger partial charge >= 0.3 is 0 Å². The lowest BCUT2D eigenvalue weighted by Crippen LogP contribution is -2.40. The standard InChI is InChI=1S/C14H22N2O3S/c1-3-15-11(2)13-5-4-12(10-14(13)17)16-6-8-20(18,19)9-7-16/h4-5,10-11,15,17H,3,6-9H2,1-2H3. The number of nitrogens with one attached hydrogen (secondary N) is 1. The first-order valence-electron chi connectivity index (χ1n) is 6.94. The number of anilines is 1. The van der Waals surface area contributed by atoms with Gasteiger partial charge < -0.3 is 15.3 Å². The Bertz CT molecular complexity index is 558. The third-order valence-electron chi connectivity index (χ3n) is 3.70. The fourth-order valence-corrected chi connectivity index (χ4v) is 3.68. The lowest BCUT2D eigenvalue weighted by Gasteiger charge is -2.29. The Morgan fingerprint density at radius 3 is 2.55 bits per heavy atom. The fraction of sp³-hybridized carbons (Fsp3) is 0.571. The molecule has 1 aliphatic heterocycles. The SMILES string of the molecule is CCNC(C)c1ccc(N2CCS(=O)(=O)CC2)cc1O. The number of phenols is 1. The van der Waals surface area contributed by atoms with Gasteiger partial charge in [-0.1, -0.05) is 13.0 Å². The molecule has 1 fully saturated rings. The van der Waals surface area contributed by atoms with Crippen molar-refractivity contribution in [3.63, 3.8) is 0 Å². The molecule has 0 spiro atoms. The second-order valence-electron chi connectivity index (χ2n) is 5.16. The van der Waals surface area contributed by atoms with Crippen LogP contribution >= 0.6 is 0 Å². The van der Waals surface area contributed by atoms with Gasteiger partial charge in [0.1, 0.15) is 5.75 Å². The van der Waals surface area contributed by atoms with E-state index in [0.29, 0.717) is 13.1 Å². The predicted octanol–water partition coefficient (Wildman–Crippen LogP) is 1.30. The van der Waals surface area contributed by atoms with Gasteiger partial charge in [0.05, 0.1) is 11.5 Å². The van der Waals surface area contributed by atoms with E-state index in [2.05, 4.69) is 5.32 Å². The molecule has 2 N–H and O–H groups in total. The Morgan fingerprint density at radius 2 is 2.00 bits per heavy atom. The minimum atomic E-state index is -2.88. The maximum Gasteiger partial charge on any atom is 0.153 e. The molecule has 112 valence electrons. The van der Waals surface area contributed by atoms with Crippen molar-refractivity contribution in [2.24, 2.45) is 0 Å². The average Bonchev–Trinajstić information content (AvgIpc) is 2.38. The molecule has 0 aromatic heterocycles. The minimum Gasteiger partial charge on any atom is -0.508 e. The molecule has 0 amide bonds. The summed E-state index contributed by atoms with van der Waals surface area (Å²) in [6, 6.07) is 5.67. The predicted molar refractivity (Wildman–Crippen MR) is 81.1 cm³/mol. The Balaban J connectivity index is 2.13. The molecule has 0 saturated carbocycles. The van der Waals surface area contributed by atoms with Crippen molar-refractivity contribution in [3.8, 4) is 5.75 Å². The Morgan fingerprint density at radius 1 is 1.35 bits per heavy atom. The summed E-state index contributed by atoms with van der Waals surface area (Å²) in [5.74, 6) is 0.622. The van der Waals surface area contributed by atoms with Crippen LogP contribution in [-0.2, 0) is 9.84 Å². The van der Waals surface area contributed by atoms with Crippen LogP contribution in [0.1, 0.15) is 25.5 Å². The smallest absolute Gasteiger partial charge is 0.153 e. The van der Waals surface area contributed by atoms with Crippen molar-refractivity contribution < 1.29 is 13.5 Å². The Kier molecular flexibility index (Phi) is 4.55. The molecule has 1 unspecified atom stereocenters. The summed E-state index contributed by atoms with van der Waals surface area (Å²) < 4.78 is 22.9. The summed E-state index contributed by atoms with van der Waals surface area (Å²) in [7, 11) is -2.88. The first kappa shape index (κ1) is 15.1. The van der Waals surface area contributed by atoms with E-state index in [9.17, 15) is 13.5 Å². The van der Waals surface area contributed by atoms with Crippen LogP contribution in [0.15, 0.2) is 18.2 Å². The molecule has 5 nitrogen and oxygen atoms in total. The molecular formula is C14H22N2O3S. The number of benzene rings is 1. The second kappa shape index (κ2) is 6.01. The number of phenolic OH excluding ortho intramolecular Hbond substituents is 1.